The summed E-state index contributed by atoms with van der Waals surface area (Å²) in [6.45, 7) is 0.546. The molecule has 20 heavy (non-hydrogen) atoms. The minimum atomic E-state index is -0.295. The minimum Gasteiger partial charge on any atom is -0.633 e. The maximum absolute atomic E-state index is 11.8. The molecule has 0 aliphatic heterocycles. The van der Waals surface area contributed by atoms with Crippen LogP contribution in [0.25, 0.3) is 0 Å². The van der Waals surface area contributed by atoms with Crippen molar-refractivity contribution in [2.45, 2.75) is 12.3 Å². The van der Waals surface area contributed by atoms with Crippen LogP contribution < -0.4 is 0 Å². The summed E-state index contributed by atoms with van der Waals surface area (Å²) >= 11 is 5.94. The van der Waals surface area contributed by atoms with E-state index in [1.54, 1.807) is 20.3 Å². The number of benzene rings is 1. The average Bonchev–Trinajstić information content (AvgIpc) is 2.41. The summed E-state index contributed by atoms with van der Waals surface area (Å²) in [5.74, 6) is 0.125. The van der Waals surface area contributed by atoms with Crippen LogP contribution in [0.15, 0.2) is 48.7 Å². The van der Waals surface area contributed by atoms with Gasteiger partial charge in [-0.15, -0.1) is 0 Å². The first kappa shape index (κ1) is 15.0. The second-order valence-electron chi connectivity index (χ2n) is 5.44. The maximum Gasteiger partial charge on any atom is 0.0789 e. The smallest absolute Gasteiger partial charge is 0.0789 e. The molecule has 106 valence electrons. The lowest BCUT2D eigenvalue weighted by Gasteiger charge is -2.35. The first-order chi connectivity index (χ1) is 9.46. The van der Waals surface area contributed by atoms with Gasteiger partial charge in [-0.05, 0) is 29.8 Å². The van der Waals surface area contributed by atoms with Crippen LogP contribution in [0.4, 0.5) is 0 Å². The molecular weight excluding hydrogens is 272 g/mol. The normalized spacial score (nSPS) is 13.2. The summed E-state index contributed by atoms with van der Waals surface area (Å²) in [5.41, 5.74) is 2.13. The van der Waals surface area contributed by atoms with E-state index in [2.05, 4.69) is 4.98 Å². The van der Waals surface area contributed by atoms with Crippen molar-refractivity contribution in [3.05, 3.63) is 70.1 Å². The number of nitrogens with zero attached hydrogens (tertiary/aromatic N) is 2. The summed E-state index contributed by atoms with van der Waals surface area (Å²) in [6, 6.07) is 13.6. The highest BCUT2D eigenvalue weighted by atomic mass is 35.5. The number of hydroxylamine groups is 3. The zero-order valence-corrected chi connectivity index (χ0v) is 12.5. The van der Waals surface area contributed by atoms with E-state index in [4.69, 9.17) is 11.6 Å². The Morgan fingerprint density at radius 1 is 1.15 bits per heavy atom. The largest absolute Gasteiger partial charge is 0.633 e. The van der Waals surface area contributed by atoms with Crippen LogP contribution in [0, 0.1) is 5.21 Å². The van der Waals surface area contributed by atoms with Crippen molar-refractivity contribution >= 4 is 11.6 Å². The van der Waals surface area contributed by atoms with Crippen LogP contribution in [0.1, 0.15) is 23.6 Å². The topological polar surface area (TPSA) is 36.0 Å². The zero-order chi connectivity index (χ0) is 14.6. The first-order valence-corrected chi connectivity index (χ1v) is 7.04. The molecule has 0 radical (unpaired) electrons. The molecule has 2 aromatic rings. The molecule has 2 rings (SSSR count). The van der Waals surface area contributed by atoms with Gasteiger partial charge in [0.2, 0.25) is 0 Å². The van der Waals surface area contributed by atoms with E-state index >= 15 is 0 Å². The zero-order valence-electron chi connectivity index (χ0n) is 11.8. The Hall–Kier alpha value is -1.42. The van der Waals surface area contributed by atoms with Gasteiger partial charge in [0.15, 0.2) is 0 Å². The van der Waals surface area contributed by atoms with Crippen molar-refractivity contribution in [2.75, 3.05) is 20.6 Å². The van der Waals surface area contributed by atoms with Crippen LogP contribution in [-0.2, 0) is 0 Å². The lowest BCUT2D eigenvalue weighted by molar-refractivity contribution is -0.840. The fourth-order valence-corrected chi connectivity index (χ4v) is 2.33. The van der Waals surface area contributed by atoms with Gasteiger partial charge >= 0.3 is 0 Å². The molecule has 0 unspecified atom stereocenters. The van der Waals surface area contributed by atoms with Gasteiger partial charge in [-0.1, -0.05) is 29.8 Å². The van der Waals surface area contributed by atoms with E-state index in [1.807, 2.05) is 42.5 Å². The van der Waals surface area contributed by atoms with Gasteiger partial charge in [0.1, 0.15) is 0 Å². The van der Waals surface area contributed by atoms with Crippen LogP contribution >= 0.6 is 11.6 Å². The Morgan fingerprint density at radius 2 is 1.85 bits per heavy atom. The van der Waals surface area contributed by atoms with Crippen molar-refractivity contribution in [1.82, 2.24) is 4.98 Å². The third-order valence-electron chi connectivity index (χ3n) is 3.27. The Labute approximate surface area is 125 Å². The van der Waals surface area contributed by atoms with Crippen LogP contribution in [0.2, 0.25) is 5.02 Å². The molecule has 4 heteroatoms. The standard InChI is InChI=1S/C16H19ClN2O/c1-19(2,20)12-10-15(16-5-3-4-11-18-16)13-6-8-14(17)9-7-13/h3-9,11,15H,10,12H2,1-2H3/t15-/m1/s1. The third kappa shape index (κ3) is 4.30. The Morgan fingerprint density at radius 3 is 2.40 bits per heavy atom. The molecule has 1 aromatic carbocycles. The Bertz CT molecular complexity index is 535. The van der Waals surface area contributed by atoms with Crippen LogP contribution in [-0.4, -0.2) is 30.3 Å². The van der Waals surface area contributed by atoms with Gasteiger partial charge in [0.25, 0.3) is 0 Å². The van der Waals surface area contributed by atoms with Gasteiger partial charge in [-0.25, -0.2) is 0 Å². The van der Waals surface area contributed by atoms with E-state index in [9.17, 15) is 5.21 Å². The monoisotopic (exact) mass is 290 g/mol. The molecule has 0 saturated carbocycles. The van der Waals surface area contributed by atoms with E-state index < -0.39 is 0 Å². The molecule has 3 nitrogen and oxygen atoms in total. The predicted molar refractivity (Wildman–Crippen MR) is 82.5 cm³/mol. The molecule has 0 bridgehead atoms. The molecule has 0 aliphatic rings. The maximum atomic E-state index is 11.8. The summed E-state index contributed by atoms with van der Waals surface area (Å²) < 4.78 is -0.295. The van der Waals surface area contributed by atoms with E-state index in [0.717, 1.165) is 17.7 Å². The van der Waals surface area contributed by atoms with E-state index in [0.29, 0.717) is 11.6 Å². The average molecular weight is 291 g/mol. The first-order valence-electron chi connectivity index (χ1n) is 6.66. The molecule has 0 fully saturated rings. The number of aromatic nitrogens is 1. The molecule has 0 aliphatic carbocycles. The SMILES string of the molecule is C[N+](C)([O-])CC[C@H](c1ccc(Cl)cc1)c1ccccn1. The number of quaternary nitrogens is 1. The van der Waals surface area contributed by atoms with Gasteiger partial charge in [0, 0.05) is 29.3 Å². The molecule has 0 N–H and O–H groups in total. The lowest BCUT2D eigenvalue weighted by Crippen LogP contribution is -2.34. The van der Waals surface area contributed by atoms with Crippen molar-refractivity contribution < 1.29 is 4.65 Å². The number of hydrogen-bond acceptors (Lipinski definition) is 2. The Kier molecular flexibility index (Phi) is 4.76. The highest BCUT2D eigenvalue weighted by Gasteiger charge is 2.18. The third-order valence-corrected chi connectivity index (χ3v) is 3.53. The van der Waals surface area contributed by atoms with Gasteiger partial charge in [0.05, 0.1) is 20.6 Å². The van der Waals surface area contributed by atoms with Crippen LogP contribution in [0.5, 0.6) is 0 Å². The quantitative estimate of drug-likeness (QED) is 0.620. The van der Waals surface area contributed by atoms with Crippen molar-refractivity contribution in [3.8, 4) is 0 Å². The van der Waals surface area contributed by atoms with E-state index in [-0.39, 0.29) is 10.6 Å². The number of halogens is 1. The number of hydrogen-bond donors (Lipinski definition) is 0. The summed E-state index contributed by atoms with van der Waals surface area (Å²) in [4.78, 5) is 4.44. The fraction of sp³-hybridized carbons (Fsp3) is 0.312. The van der Waals surface area contributed by atoms with Crippen molar-refractivity contribution in [2.24, 2.45) is 0 Å². The molecule has 0 amide bonds. The highest BCUT2D eigenvalue weighted by molar-refractivity contribution is 6.30. The molecule has 1 heterocycles. The predicted octanol–water partition coefficient (Wildman–Crippen LogP) is 3.83. The lowest BCUT2D eigenvalue weighted by atomic mass is 9.92. The van der Waals surface area contributed by atoms with Crippen molar-refractivity contribution in [3.63, 3.8) is 0 Å². The van der Waals surface area contributed by atoms with E-state index in [1.165, 1.54) is 0 Å². The van der Waals surface area contributed by atoms with Gasteiger partial charge in [-0.3, -0.25) is 4.98 Å². The summed E-state index contributed by atoms with van der Waals surface area (Å²) in [7, 11) is 3.33. The van der Waals surface area contributed by atoms with Gasteiger partial charge in [-0.2, -0.15) is 0 Å². The molecule has 0 spiro atoms. The highest BCUT2D eigenvalue weighted by Crippen LogP contribution is 2.28. The van der Waals surface area contributed by atoms with Gasteiger partial charge < -0.3 is 9.85 Å². The molecular formula is C16H19ClN2O. The second kappa shape index (κ2) is 6.35. The summed E-state index contributed by atoms with van der Waals surface area (Å²) in [5, 5.41) is 12.5. The molecule has 1 aromatic heterocycles. The van der Waals surface area contributed by atoms with Crippen LogP contribution in [0.3, 0.4) is 0 Å². The summed E-state index contributed by atoms with van der Waals surface area (Å²) in [6.07, 6.45) is 2.55. The molecule has 0 saturated heterocycles. The number of pyridine rings is 1. The fourth-order valence-electron chi connectivity index (χ4n) is 2.20. The van der Waals surface area contributed by atoms with Crippen molar-refractivity contribution in [1.29, 1.82) is 0 Å². The number of rotatable bonds is 5. The molecule has 1 atom stereocenters. The minimum absolute atomic E-state index is 0.125. The Balaban J connectivity index is 2.27. The second-order valence-corrected chi connectivity index (χ2v) is 5.88.